The summed E-state index contributed by atoms with van der Waals surface area (Å²) in [4.78, 5) is 6.93. The van der Waals surface area contributed by atoms with Gasteiger partial charge in [0.15, 0.2) is 5.96 Å². The van der Waals surface area contributed by atoms with Gasteiger partial charge in [-0.25, -0.2) is 0 Å². The minimum atomic E-state index is 0.521. The highest BCUT2D eigenvalue weighted by Gasteiger charge is 2.22. The Bertz CT molecular complexity index is 243. The molecular weight excluding hydrogens is 200 g/mol. The first-order chi connectivity index (χ1) is 7.77. The Balaban J connectivity index is 1.91. The van der Waals surface area contributed by atoms with Gasteiger partial charge in [-0.15, -0.1) is 0 Å². The number of nitrogens with one attached hydrogen (secondary N) is 2. The van der Waals surface area contributed by atoms with E-state index in [1.54, 1.807) is 0 Å². The minimum Gasteiger partial charge on any atom is -0.354 e. The lowest BCUT2D eigenvalue weighted by molar-refractivity contribution is 0.270. The number of guanidine groups is 1. The lowest BCUT2D eigenvalue weighted by atomic mass is 10.0. The topological polar surface area (TPSA) is 39.7 Å². The molecule has 92 valence electrons. The molecule has 0 radical (unpaired) electrons. The van der Waals surface area contributed by atoms with Gasteiger partial charge in [0.1, 0.15) is 0 Å². The number of rotatable bonds is 3. The van der Waals surface area contributed by atoms with Crippen molar-refractivity contribution in [2.75, 3.05) is 26.2 Å². The summed E-state index contributed by atoms with van der Waals surface area (Å²) in [6.45, 7) is 8.67. The maximum Gasteiger partial charge on any atom is 0.194 e. The van der Waals surface area contributed by atoms with Crippen molar-refractivity contribution in [2.45, 2.75) is 45.2 Å². The van der Waals surface area contributed by atoms with Gasteiger partial charge in [0.25, 0.3) is 0 Å². The van der Waals surface area contributed by atoms with E-state index in [0.29, 0.717) is 12.1 Å². The molecule has 2 N–H and O–H groups in total. The second-order valence-electron chi connectivity index (χ2n) is 5.03. The van der Waals surface area contributed by atoms with E-state index in [0.717, 1.165) is 25.6 Å². The van der Waals surface area contributed by atoms with E-state index in [-0.39, 0.29) is 0 Å². The van der Waals surface area contributed by atoms with E-state index >= 15 is 0 Å². The van der Waals surface area contributed by atoms with Crippen molar-refractivity contribution in [2.24, 2.45) is 4.99 Å². The molecule has 0 aromatic rings. The van der Waals surface area contributed by atoms with Crippen LogP contribution in [0, 0.1) is 0 Å². The predicted octanol–water partition coefficient (Wildman–Crippen LogP) is 0.798. The molecule has 0 aromatic carbocycles. The number of hydrogen-bond acceptors (Lipinski definition) is 4. The maximum atomic E-state index is 4.53. The maximum absolute atomic E-state index is 4.53. The predicted molar refractivity (Wildman–Crippen MR) is 67.8 cm³/mol. The molecule has 1 atom stereocenters. The molecule has 16 heavy (non-hydrogen) atoms. The molecule has 4 nitrogen and oxygen atoms in total. The zero-order valence-corrected chi connectivity index (χ0v) is 10.5. The zero-order valence-electron chi connectivity index (χ0n) is 10.5. The van der Waals surface area contributed by atoms with E-state index < -0.39 is 0 Å². The monoisotopic (exact) mass is 224 g/mol. The van der Waals surface area contributed by atoms with Gasteiger partial charge in [-0.05, 0) is 33.2 Å². The Hall–Kier alpha value is -0.770. The molecule has 4 heteroatoms. The van der Waals surface area contributed by atoms with Crippen molar-refractivity contribution in [3.63, 3.8) is 0 Å². The molecule has 1 fully saturated rings. The lowest BCUT2D eigenvalue weighted by Gasteiger charge is -2.34. The third-order valence-electron chi connectivity index (χ3n) is 3.38. The Labute approximate surface area is 98.5 Å². The average Bonchev–Trinajstić information content (AvgIpc) is 2.80. The molecule has 0 spiro atoms. The number of aliphatic imine (C=N–C) groups is 1. The molecule has 2 aliphatic rings. The minimum absolute atomic E-state index is 0.521. The van der Waals surface area contributed by atoms with Gasteiger partial charge in [-0.3, -0.25) is 4.99 Å². The van der Waals surface area contributed by atoms with Crippen LogP contribution in [0.2, 0.25) is 0 Å². The van der Waals surface area contributed by atoms with Gasteiger partial charge in [0.2, 0.25) is 0 Å². The molecule has 0 aliphatic carbocycles. The molecule has 1 unspecified atom stereocenters. The Morgan fingerprint density at radius 3 is 2.81 bits per heavy atom. The summed E-state index contributed by atoms with van der Waals surface area (Å²) in [6, 6.07) is 1.16. The van der Waals surface area contributed by atoms with Crippen LogP contribution in [0.15, 0.2) is 4.99 Å². The molecule has 2 aliphatic heterocycles. The van der Waals surface area contributed by atoms with Crippen molar-refractivity contribution in [1.82, 2.24) is 15.5 Å². The van der Waals surface area contributed by atoms with E-state index in [2.05, 4.69) is 34.4 Å². The zero-order chi connectivity index (χ0) is 11.4. The van der Waals surface area contributed by atoms with Gasteiger partial charge < -0.3 is 15.5 Å². The number of nitrogens with zero attached hydrogens (tertiary/aromatic N) is 2. The summed E-state index contributed by atoms with van der Waals surface area (Å²) in [5, 5.41) is 6.98. The van der Waals surface area contributed by atoms with Crippen molar-refractivity contribution in [1.29, 1.82) is 0 Å². The first-order valence-corrected chi connectivity index (χ1v) is 6.55. The van der Waals surface area contributed by atoms with Crippen LogP contribution in [0.5, 0.6) is 0 Å². The van der Waals surface area contributed by atoms with Gasteiger partial charge in [0, 0.05) is 25.2 Å². The van der Waals surface area contributed by atoms with Crippen LogP contribution < -0.4 is 10.6 Å². The summed E-state index contributed by atoms with van der Waals surface area (Å²) >= 11 is 0. The van der Waals surface area contributed by atoms with Crippen molar-refractivity contribution in [3.8, 4) is 0 Å². The fraction of sp³-hybridized carbons (Fsp3) is 0.917. The van der Waals surface area contributed by atoms with Crippen LogP contribution in [-0.2, 0) is 0 Å². The van der Waals surface area contributed by atoms with Crippen molar-refractivity contribution < 1.29 is 0 Å². The molecular formula is C12H24N4. The molecule has 2 rings (SSSR count). The molecule has 2 heterocycles. The van der Waals surface area contributed by atoms with Crippen LogP contribution in [0.4, 0.5) is 0 Å². The second kappa shape index (κ2) is 5.53. The van der Waals surface area contributed by atoms with Crippen LogP contribution in [0.1, 0.15) is 33.1 Å². The third kappa shape index (κ3) is 2.88. The first kappa shape index (κ1) is 11.7. The van der Waals surface area contributed by atoms with Crippen molar-refractivity contribution in [3.05, 3.63) is 0 Å². The first-order valence-electron chi connectivity index (χ1n) is 6.55. The fourth-order valence-electron chi connectivity index (χ4n) is 2.44. The van der Waals surface area contributed by atoms with E-state index in [1.807, 2.05) is 0 Å². The van der Waals surface area contributed by atoms with Crippen LogP contribution in [0.25, 0.3) is 0 Å². The van der Waals surface area contributed by atoms with Gasteiger partial charge >= 0.3 is 0 Å². The summed E-state index contributed by atoms with van der Waals surface area (Å²) in [7, 11) is 0. The lowest BCUT2D eigenvalue weighted by Crippen LogP contribution is -2.51. The molecule has 1 saturated heterocycles. The molecule has 0 bridgehead atoms. The highest BCUT2D eigenvalue weighted by Crippen LogP contribution is 2.11. The number of piperidine rings is 1. The Kier molecular flexibility index (Phi) is 4.04. The standard InChI is InChI=1S/C12H24N4/c1-10(2)16(12-14-7-8-15-12)9-11-5-3-4-6-13-11/h10-11,13H,3-9H2,1-2H3,(H,14,15). The highest BCUT2D eigenvalue weighted by molar-refractivity contribution is 5.81. The van der Waals surface area contributed by atoms with E-state index in [4.69, 9.17) is 0 Å². The average molecular weight is 224 g/mol. The fourth-order valence-corrected chi connectivity index (χ4v) is 2.44. The van der Waals surface area contributed by atoms with E-state index in [9.17, 15) is 0 Å². The van der Waals surface area contributed by atoms with Crippen LogP contribution >= 0.6 is 0 Å². The normalized spacial score (nSPS) is 25.4. The smallest absolute Gasteiger partial charge is 0.194 e. The van der Waals surface area contributed by atoms with Gasteiger partial charge in [0.05, 0.1) is 6.54 Å². The second-order valence-corrected chi connectivity index (χ2v) is 5.03. The number of hydrogen-bond donors (Lipinski definition) is 2. The molecule has 0 saturated carbocycles. The van der Waals surface area contributed by atoms with Crippen molar-refractivity contribution >= 4 is 5.96 Å². The van der Waals surface area contributed by atoms with E-state index in [1.165, 1.54) is 25.8 Å². The quantitative estimate of drug-likeness (QED) is 0.745. The summed E-state index contributed by atoms with van der Waals surface area (Å²) in [5.74, 6) is 1.10. The third-order valence-corrected chi connectivity index (χ3v) is 3.38. The summed E-state index contributed by atoms with van der Waals surface area (Å²) in [6.07, 6.45) is 4.00. The highest BCUT2D eigenvalue weighted by atomic mass is 15.3. The van der Waals surface area contributed by atoms with Gasteiger partial charge in [-0.1, -0.05) is 6.42 Å². The van der Waals surface area contributed by atoms with Crippen LogP contribution in [-0.4, -0.2) is 49.1 Å². The Morgan fingerprint density at radius 2 is 2.25 bits per heavy atom. The molecule has 0 aromatic heterocycles. The SMILES string of the molecule is CC(C)N(CC1CCCCN1)C1=NCCN1. The summed E-state index contributed by atoms with van der Waals surface area (Å²) < 4.78 is 0. The summed E-state index contributed by atoms with van der Waals surface area (Å²) in [5.41, 5.74) is 0. The van der Waals surface area contributed by atoms with Crippen LogP contribution in [0.3, 0.4) is 0 Å². The largest absolute Gasteiger partial charge is 0.354 e. The molecule has 0 amide bonds. The Morgan fingerprint density at radius 1 is 1.38 bits per heavy atom. The van der Waals surface area contributed by atoms with Gasteiger partial charge in [-0.2, -0.15) is 0 Å².